The van der Waals surface area contributed by atoms with Gasteiger partial charge in [0.25, 0.3) is 5.91 Å². The molecule has 10 nitrogen and oxygen atoms in total. The monoisotopic (exact) mass is 467 g/mol. The predicted octanol–water partition coefficient (Wildman–Crippen LogP) is 4.58. The van der Waals surface area contributed by atoms with Gasteiger partial charge in [-0.1, -0.05) is 24.3 Å². The van der Waals surface area contributed by atoms with Crippen molar-refractivity contribution < 1.29 is 28.4 Å². The van der Waals surface area contributed by atoms with Gasteiger partial charge in [0.05, 0.1) is 27.8 Å². The SMILES string of the molecule is COC(=O)c1c(C)oc(NC(=O)COc2ccccc2[N+](=O)[O-])c1-c1nc2ccccc2s1. The van der Waals surface area contributed by atoms with E-state index in [0.717, 1.165) is 10.2 Å². The summed E-state index contributed by atoms with van der Waals surface area (Å²) in [6.07, 6.45) is 0. The van der Waals surface area contributed by atoms with Crippen molar-refractivity contribution in [2.24, 2.45) is 0 Å². The number of para-hydroxylation sites is 3. The first-order chi connectivity index (χ1) is 15.9. The number of hydrogen-bond acceptors (Lipinski definition) is 9. The number of anilines is 1. The predicted molar refractivity (Wildman–Crippen MR) is 121 cm³/mol. The average molecular weight is 467 g/mol. The van der Waals surface area contributed by atoms with Crippen molar-refractivity contribution in [3.8, 4) is 16.3 Å². The maximum Gasteiger partial charge on any atom is 0.342 e. The molecule has 168 valence electrons. The number of aromatic nitrogens is 1. The number of thiazole rings is 1. The first kappa shape index (κ1) is 22.0. The summed E-state index contributed by atoms with van der Waals surface area (Å²) in [5.74, 6) is -1.08. The summed E-state index contributed by atoms with van der Waals surface area (Å²) in [6, 6.07) is 13.2. The lowest BCUT2D eigenvalue weighted by Crippen LogP contribution is -2.20. The highest BCUT2D eigenvalue weighted by Crippen LogP contribution is 2.40. The first-order valence-electron chi connectivity index (χ1n) is 9.62. The minimum atomic E-state index is -0.638. The minimum absolute atomic E-state index is 0.00289. The summed E-state index contributed by atoms with van der Waals surface area (Å²) >= 11 is 1.33. The molecule has 0 aliphatic carbocycles. The van der Waals surface area contributed by atoms with Gasteiger partial charge in [0.15, 0.2) is 12.4 Å². The molecular formula is C22H17N3O7S. The van der Waals surface area contributed by atoms with Crippen LogP contribution in [0.25, 0.3) is 20.8 Å². The van der Waals surface area contributed by atoms with Gasteiger partial charge in [0.2, 0.25) is 5.88 Å². The number of fused-ring (bicyclic) bond motifs is 1. The number of carbonyl (C=O) groups is 2. The van der Waals surface area contributed by atoms with Gasteiger partial charge < -0.3 is 13.9 Å². The molecule has 2 aromatic heterocycles. The summed E-state index contributed by atoms with van der Waals surface area (Å²) in [6.45, 7) is 1.06. The Morgan fingerprint density at radius 1 is 1.18 bits per heavy atom. The quantitative estimate of drug-likeness (QED) is 0.237. The molecule has 0 aliphatic heterocycles. The van der Waals surface area contributed by atoms with Crippen LogP contribution < -0.4 is 10.1 Å². The summed E-state index contributed by atoms with van der Waals surface area (Å²) < 4.78 is 16.8. The maximum absolute atomic E-state index is 12.6. The van der Waals surface area contributed by atoms with Crippen LogP contribution >= 0.6 is 11.3 Å². The number of hydrogen-bond donors (Lipinski definition) is 1. The van der Waals surface area contributed by atoms with Crippen molar-refractivity contribution in [1.82, 2.24) is 4.98 Å². The standard InChI is InChI=1S/C22H17N3O7S/c1-12-18(22(27)30-2)19(21-23-13-7-3-6-10-16(13)33-21)20(32-12)24-17(26)11-31-15-9-5-4-8-14(15)25(28)29/h3-10H,11H2,1-2H3,(H,24,26). The summed E-state index contributed by atoms with van der Waals surface area (Å²) in [5, 5.41) is 14.2. The van der Waals surface area contributed by atoms with Gasteiger partial charge in [-0.3, -0.25) is 20.2 Å². The highest BCUT2D eigenvalue weighted by molar-refractivity contribution is 7.21. The molecule has 0 aliphatic rings. The molecular weight excluding hydrogens is 450 g/mol. The second-order valence-electron chi connectivity index (χ2n) is 6.78. The molecule has 1 N–H and O–H groups in total. The number of methoxy groups -OCH3 is 1. The minimum Gasteiger partial charge on any atom is -0.477 e. The topological polar surface area (TPSA) is 134 Å². The van der Waals surface area contributed by atoms with Crippen molar-refractivity contribution in [2.45, 2.75) is 6.92 Å². The number of carbonyl (C=O) groups excluding carboxylic acids is 2. The Hall–Kier alpha value is -4.25. The van der Waals surface area contributed by atoms with Crippen molar-refractivity contribution in [1.29, 1.82) is 0 Å². The smallest absolute Gasteiger partial charge is 0.342 e. The number of nitro benzene ring substituents is 1. The van der Waals surface area contributed by atoms with E-state index in [-0.39, 0.29) is 28.6 Å². The zero-order valence-electron chi connectivity index (χ0n) is 17.5. The average Bonchev–Trinajstić information content (AvgIpc) is 3.37. The van der Waals surface area contributed by atoms with Crippen LogP contribution in [0.15, 0.2) is 52.9 Å². The number of esters is 1. The largest absolute Gasteiger partial charge is 0.477 e. The molecule has 0 atom stereocenters. The van der Waals surface area contributed by atoms with Crippen LogP contribution in [-0.2, 0) is 9.53 Å². The van der Waals surface area contributed by atoms with Crippen molar-refractivity contribution in [3.63, 3.8) is 0 Å². The second-order valence-corrected chi connectivity index (χ2v) is 7.81. The fourth-order valence-electron chi connectivity index (χ4n) is 3.20. The van der Waals surface area contributed by atoms with Gasteiger partial charge in [0, 0.05) is 6.07 Å². The van der Waals surface area contributed by atoms with Crippen molar-refractivity contribution in [3.05, 3.63) is 70.0 Å². The lowest BCUT2D eigenvalue weighted by atomic mass is 10.1. The third kappa shape index (κ3) is 4.39. The van der Waals surface area contributed by atoms with Crippen LogP contribution in [0, 0.1) is 17.0 Å². The molecule has 1 amide bonds. The number of nitrogens with zero attached hydrogens (tertiary/aromatic N) is 2. The Morgan fingerprint density at radius 3 is 2.64 bits per heavy atom. The zero-order chi connectivity index (χ0) is 23.5. The molecule has 33 heavy (non-hydrogen) atoms. The lowest BCUT2D eigenvalue weighted by Gasteiger charge is -2.07. The van der Waals surface area contributed by atoms with E-state index >= 15 is 0 Å². The molecule has 0 radical (unpaired) electrons. The Labute approximate surface area is 190 Å². The van der Waals surface area contributed by atoms with E-state index in [9.17, 15) is 19.7 Å². The van der Waals surface area contributed by atoms with E-state index in [1.165, 1.54) is 36.6 Å². The van der Waals surface area contributed by atoms with Gasteiger partial charge in [-0.05, 0) is 25.1 Å². The zero-order valence-corrected chi connectivity index (χ0v) is 18.3. The third-order valence-electron chi connectivity index (χ3n) is 4.66. The number of amides is 1. The maximum atomic E-state index is 12.6. The van der Waals surface area contributed by atoms with Gasteiger partial charge in [-0.2, -0.15) is 0 Å². The van der Waals surface area contributed by atoms with E-state index in [1.54, 1.807) is 13.0 Å². The lowest BCUT2D eigenvalue weighted by molar-refractivity contribution is -0.385. The molecule has 0 fully saturated rings. The molecule has 0 saturated carbocycles. The molecule has 0 unspecified atom stereocenters. The van der Waals surface area contributed by atoms with Crippen molar-refractivity contribution >= 4 is 45.0 Å². The van der Waals surface area contributed by atoms with Crippen LogP contribution in [0.3, 0.4) is 0 Å². The number of benzene rings is 2. The van der Waals surface area contributed by atoms with Crippen molar-refractivity contribution in [2.75, 3.05) is 19.0 Å². The van der Waals surface area contributed by atoms with Gasteiger partial charge >= 0.3 is 11.7 Å². The summed E-state index contributed by atoms with van der Waals surface area (Å²) in [7, 11) is 1.25. The van der Waals surface area contributed by atoms with Crippen LogP contribution in [0.4, 0.5) is 11.6 Å². The molecule has 2 heterocycles. The fraction of sp³-hybridized carbons (Fsp3) is 0.136. The van der Waals surface area contributed by atoms with E-state index < -0.39 is 23.4 Å². The number of aryl methyl sites for hydroxylation is 1. The molecule has 0 spiro atoms. The van der Waals surface area contributed by atoms with Crippen LogP contribution in [-0.4, -0.2) is 35.5 Å². The second kappa shape index (κ2) is 9.09. The highest BCUT2D eigenvalue weighted by Gasteiger charge is 2.29. The van der Waals surface area contributed by atoms with E-state index in [1.807, 2.05) is 24.3 Å². The number of rotatable bonds is 7. The molecule has 0 saturated heterocycles. The molecule has 4 rings (SSSR count). The Bertz CT molecular complexity index is 1340. The van der Waals surface area contributed by atoms with Gasteiger partial charge in [-0.15, -0.1) is 11.3 Å². The molecule has 11 heteroatoms. The Balaban J connectivity index is 1.64. The van der Waals surface area contributed by atoms with E-state index in [0.29, 0.717) is 10.6 Å². The Morgan fingerprint density at radius 2 is 1.91 bits per heavy atom. The Kier molecular flexibility index (Phi) is 6.05. The van der Waals surface area contributed by atoms with E-state index in [2.05, 4.69) is 10.3 Å². The van der Waals surface area contributed by atoms with Crippen LogP contribution in [0.1, 0.15) is 16.1 Å². The number of furan rings is 1. The normalized spacial score (nSPS) is 10.7. The summed E-state index contributed by atoms with van der Waals surface area (Å²) in [4.78, 5) is 40.1. The molecule has 0 bridgehead atoms. The van der Waals surface area contributed by atoms with Crippen LogP contribution in [0.2, 0.25) is 0 Å². The molecule has 2 aromatic carbocycles. The summed E-state index contributed by atoms with van der Waals surface area (Å²) in [5.41, 5.74) is 0.900. The van der Waals surface area contributed by atoms with Crippen LogP contribution in [0.5, 0.6) is 5.75 Å². The number of ether oxygens (including phenoxy) is 2. The van der Waals surface area contributed by atoms with Gasteiger partial charge in [-0.25, -0.2) is 9.78 Å². The highest BCUT2D eigenvalue weighted by atomic mass is 32.1. The van der Waals surface area contributed by atoms with E-state index in [4.69, 9.17) is 13.9 Å². The number of nitro groups is 1. The fourth-order valence-corrected chi connectivity index (χ4v) is 4.21. The molecule has 4 aromatic rings. The third-order valence-corrected chi connectivity index (χ3v) is 5.71. The number of nitrogens with one attached hydrogen (secondary N) is 1. The van der Waals surface area contributed by atoms with Gasteiger partial charge in [0.1, 0.15) is 16.3 Å². The first-order valence-corrected chi connectivity index (χ1v) is 10.4.